The SMILES string of the molecule is O=C(CNC(=O)c1ccco1)NCC(=O)OCC(=O)c1ccc2c(c1)OCO2. The molecule has 1 aliphatic rings. The molecule has 0 fully saturated rings. The van der Waals surface area contributed by atoms with E-state index in [-0.39, 0.29) is 19.1 Å². The van der Waals surface area contributed by atoms with Crippen LogP contribution in [0.3, 0.4) is 0 Å². The zero-order valence-corrected chi connectivity index (χ0v) is 14.6. The Kier molecular flexibility index (Phi) is 5.90. The highest BCUT2D eigenvalue weighted by Crippen LogP contribution is 2.32. The van der Waals surface area contributed by atoms with Crippen LogP contribution in [0.2, 0.25) is 0 Å². The third-order valence-corrected chi connectivity index (χ3v) is 3.64. The molecule has 1 aromatic heterocycles. The molecule has 2 amide bonds. The van der Waals surface area contributed by atoms with Crippen LogP contribution >= 0.6 is 0 Å². The van der Waals surface area contributed by atoms with Crippen LogP contribution in [0.1, 0.15) is 20.9 Å². The topological polar surface area (TPSA) is 133 Å². The zero-order chi connectivity index (χ0) is 19.9. The van der Waals surface area contributed by atoms with Gasteiger partial charge in [0.05, 0.1) is 12.8 Å². The van der Waals surface area contributed by atoms with Gasteiger partial charge in [-0.05, 0) is 30.3 Å². The minimum atomic E-state index is -0.792. The molecule has 0 atom stereocenters. The molecule has 0 spiro atoms. The second-order valence-corrected chi connectivity index (χ2v) is 5.59. The summed E-state index contributed by atoms with van der Waals surface area (Å²) >= 11 is 0. The molecule has 3 rings (SSSR count). The molecule has 2 aromatic rings. The van der Waals surface area contributed by atoms with Crippen molar-refractivity contribution in [3.8, 4) is 11.5 Å². The summed E-state index contributed by atoms with van der Waals surface area (Å²) in [6, 6.07) is 7.61. The predicted molar refractivity (Wildman–Crippen MR) is 91.9 cm³/mol. The first kappa shape index (κ1) is 19.0. The van der Waals surface area contributed by atoms with Gasteiger partial charge in [-0.15, -0.1) is 0 Å². The summed E-state index contributed by atoms with van der Waals surface area (Å²) in [6.07, 6.45) is 1.33. The molecule has 0 radical (unpaired) electrons. The van der Waals surface area contributed by atoms with E-state index in [2.05, 4.69) is 10.6 Å². The van der Waals surface area contributed by atoms with Gasteiger partial charge in [0.1, 0.15) is 6.54 Å². The van der Waals surface area contributed by atoms with Crippen LogP contribution in [0.15, 0.2) is 41.0 Å². The number of carbonyl (C=O) groups is 4. The normalized spacial score (nSPS) is 11.6. The number of amides is 2. The quantitative estimate of drug-likeness (QED) is 0.487. The predicted octanol–water partition coefficient (Wildman–Crippen LogP) is 0.280. The van der Waals surface area contributed by atoms with Gasteiger partial charge in [-0.25, -0.2) is 0 Å². The first-order valence-electron chi connectivity index (χ1n) is 8.20. The van der Waals surface area contributed by atoms with Gasteiger partial charge in [0.2, 0.25) is 12.7 Å². The number of ketones is 1. The number of hydrogen-bond donors (Lipinski definition) is 2. The highest BCUT2D eigenvalue weighted by Gasteiger charge is 2.17. The van der Waals surface area contributed by atoms with Crippen LogP contribution < -0.4 is 20.1 Å². The van der Waals surface area contributed by atoms with E-state index in [1.54, 1.807) is 6.07 Å². The Hall–Kier alpha value is -3.82. The van der Waals surface area contributed by atoms with Gasteiger partial charge < -0.3 is 29.3 Å². The lowest BCUT2D eigenvalue weighted by molar-refractivity contribution is -0.142. The van der Waals surface area contributed by atoms with E-state index in [0.29, 0.717) is 17.1 Å². The second-order valence-electron chi connectivity index (χ2n) is 5.59. The van der Waals surface area contributed by atoms with Gasteiger partial charge in [-0.3, -0.25) is 19.2 Å². The summed E-state index contributed by atoms with van der Waals surface area (Å²) in [5, 5.41) is 4.60. The van der Waals surface area contributed by atoms with Gasteiger partial charge in [-0.1, -0.05) is 0 Å². The van der Waals surface area contributed by atoms with E-state index in [4.69, 9.17) is 18.6 Å². The molecule has 1 aromatic carbocycles. The maximum absolute atomic E-state index is 12.1. The van der Waals surface area contributed by atoms with E-state index in [1.807, 2.05) is 0 Å². The maximum Gasteiger partial charge on any atom is 0.325 e. The van der Waals surface area contributed by atoms with Gasteiger partial charge >= 0.3 is 5.97 Å². The Morgan fingerprint density at radius 2 is 1.82 bits per heavy atom. The van der Waals surface area contributed by atoms with Crippen molar-refractivity contribution in [1.29, 1.82) is 0 Å². The van der Waals surface area contributed by atoms with E-state index in [1.165, 1.54) is 30.5 Å². The Bertz CT molecular complexity index is 891. The monoisotopic (exact) mass is 388 g/mol. The van der Waals surface area contributed by atoms with Crippen molar-refractivity contribution in [2.45, 2.75) is 0 Å². The van der Waals surface area contributed by atoms with E-state index < -0.39 is 36.7 Å². The van der Waals surface area contributed by atoms with E-state index in [9.17, 15) is 19.2 Å². The first-order chi connectivity index (χ1) is 13.5. The van der Waals surface area contributed by atoms with Crippen molar-refractivity contribution in [1.82, 2.24) is 10.6 Å². The van der Waals surface area contributed by atoms with Crippen molar-refractivity contribution in [2.75, 3.05) is 26.5 Å². The molecule has 0 unspecified atom stereocenters. The number of nitrogens with one attached hydrogen (secondary N) is 2. The Morgan fingerprint density at radius 1 is 1.00 bits per heavy atom. The fraction of sp³-hybridized carbons (Fsp3) is 0.222. The summed E-state index contributed by atoms with van der Waals surface area (Å²) in [4.78, 5) is 47.0. The molecule has 2 heterocycles. The largest absolute Gasteiger partial charge is 0.459 e. The molecule has 0 bridgehead atoms. The average Bonchev–Trinajstić information content (AvgIpc) is 3.39. The molecule has 2 N–H and O–H groups in total. The van der Waals surface area contributed by atoms with Crippen LogP contribution in [-0.4, -0.2) is 50.1 Å². The fourth-order valence-electron chi connectivity index (χ4n) is 2.24. The summed E-state index contributed by atoms with van der Waals surface area (Å²) in [5.74, 6) is -1.33. The van der Waals surface area contributed by atoms with Crippen LogP contribution in [-0.2, 0) is 14.3 Å². The first-order valence-corrected chi connectivity index (χ1v) is 8.20. The second kappa shape index (κ2) is 8.71. The van der Waals surface area contributed by atoms with Crippen LogP contribution in [0, 0.1) is 0 Å². The Morgan fingerprint density at radius 3 is 2.61 bits per heavy atom. The number of fused-ring (bicyclic) bond motifs is 1. The maximum atomic E-state index is 12.1. The van der Waals surface area contributed by atoms with Gasteiger partial charge in [-0.2, -0.15) is 0 Å². The van der Waals surface area contributed by atoms with Crippen molar-refractivity contribution in [2.24, 2.45) is 0 Å². The number of furan rings is 1. The molecule has 0 saturated carbocycles. The number of rotatable bonds is 8. The van der Waals surface area contributed by atoms with Crippen LogP contribution in [0.5, 0.6) is 11.5 Å². The highest BCUT2D eigenvalue weighted by atomic mass is 16.7. The third-order valence-electron chi connectivity index (χ3n) is 3.64. The number of hydrogen-bond acceptors (Lipinski definition) is 8. The number of esters is 1. The minimum Gasteiger partial charge on any atom is -0.459 e. The number of carbonyl (C=O) groups excluding carboxylic acids is 4. The molecule has 1 aliphatic heterocycles. The molecule has 146 valence electrons. The van der Waals surface area contributed by atoms with Gasteiger partial charge in [0.25, 0.3) is 5.91 Å². The van der Waals surface area contributed by atoms with Crippen molar-refractivity contribution in [3.05, 3.63) is 47.9 Å². The smallest absolute Gasteiger partial charge is 0.325 e. The summed E-state index contributed by atoms with van der Waals surface area (Å²) < 4.78 is 20.0. The van der Waals surface area contributed by atoms with Crippen molar-refractivity contribution in [3.63, 3.8) is 0 Å². The summed E-state index contributed by atoms with van der Waals surface area (Å²) in [7, 11) is 0. The van der Waals surface area contributed by atoms with Gasteiger partial charge in [0.15, 0.2) is 29.6 Å². The molecule has 10 heteroatoms. The van der Waals surface area contributed by atoms with Crippen LogP contribution in [0.4, 0.5) is 0 Å². The fourth-order valence-corrected chi connectivity index (χ4v) is 2.24. The molecule has 28 heavy (non-hydrogen) atoms. The average molecular weight is 388 g/mol. The highest BCUT2D eigenvalue weighted by molar-refractivity contribution is 5.99. The Labute approximate surface area is 158 Å². The van der Waals surface area contributed by atoms with Crippen molar-refractivity contribution < 1.29 is 37.8 Å². The van der Waals surface area contributed by atoms with Gasteiger partial charge in [0, 0.05) is 5.56 Å². The number of Topliss-reactive ketones (excluding diaryl/α,β-unsaturated/α-hetero) is 1. The van der Waals surface area contributed by atoms with Crippen LogP contribution in [0.25, 0.3) is 0 Å². The lowest BCUT2D eigenvalue weighted by atomic mass is 10.1. The number of benzene rings is 1. The molecule has 0 aliphatic carbocycles. The molecule has 0 saturated heterocycles. The van der Waals surface area contributed by atoms with Crippen molar-refractivity contribution >= 4 is 23.6 Å². The Balaban J connectivity index is 1.35. The van der Waals surface area contributed by atoms with E-state index in [0.717, 1.165) is 0 Å². The van der Waals surface area contributed by atoms with E-state index >= 15 is 0 Å². The summed E-state index contributed by atoms with van der Waals surface area (Å²) in [5.41, 5.74) is 0.307. The molecule has 10 nitrogen and oxygen atoms in total. The number of ether oxygens (including phenoxy) is 3. The summed E-state index contributed by atoms with van der Waals surface area (Å²) in [6.45, 7) is -1.18. The standard InChI is InChI=1S/C18H16N2O8/c21-12(11-3-4-13-15(6-11)28-10-27-13)9-26-17(23)8-19-16(22)7-20-18(24)14-2-1-5-25-14/h1-6H,7-10H2,(H,19,22)(H,20,24). The zero-order valence-electron chi connectivity index (χ0n) is 14.6. The lowest BCUT2D eigenvalue weighted by Crippen LogP contribution is -2.39. The third kappa shape index (κ3) is 4.87. The molecular formula is C18H16N2O8. The lowest BCUT2D eigenvalue weighted by Gasteiger charge is -2.07. The minimum absolute atomic E-state index is 0.0641. The molecular weight excluding hydrogens is 372 g/mol.